The highest BCUT2D eigenvalue weighted by molar-refractivity contribution is 5.94. The summed E-state index contributed by atoms with van der Waals surface area (Å²) in [6.45, 7) is 4.61. The van der Waals surface area contributed by atoms with Crippen LogP contribution in [-0.2, 0) is 6.54 Å². The molecule has 0 aromatic heterocycles. The molecule has 0 radical (unpaired) electrons. The van der Waals surface area contributed by atoms with Crippen LogP contribution in [0.25, 0.3) is 0 Å². The van der Waals surface area contributed by atoms with Crippen molar-refractivity contribution in [1.29, 1.82) is 0 Å². The Kier molecular flexibility index (Phi) is 5.96. The Morgan fingerprint density at radius 3 is 2.52 bits per heavy atom. The van der Waals surface area contributed by atoms with Gasteiger partial charge >= 0.3 is 6.03 Å². The van der Waals surface area contributed by atoms with Crippen LogP contribution in [0.3, 0.4) is 0 Å². The summed E-state index contributed by atoms with van der Waals surface area (Å²) in [5.74, 6) is 0.197. The highest BCUT2D eigenvalue weighted by Gasteiger charge is 2.22. The molecule has 6 nitrogen and oxygen atoms in total. The van der Waals surface area contributed by atoms with Gasteiger partial charge in [-0.1, -0.05) is 29.8 Å². The molecule has 0 saturated carbocycles. The minimum absolute atomic E-state index is 0.0146. The number of aryl methyl sites for hydroxylation is 1. The molecule has 0 bridgehead atoms. The number of hydrogen-bond acceptors (Lipinski definition) is 3. The summed E-state index contributed by atoms with van der Waals surface area (Å²) in [5, 5.41) is 12.4. The number of nitrogens with zero attached hydrogens (tertiary/aromatic N) is 2. The van der Waals surface area contributed by atoms with E-state index in [9.17, 15) is 14.7 Å². The molecule has 0 aliphatic carbocycles. The Morgan fingerprint density at radius 2 is 1.74 bits per heavy atom. The highest BCUT2D eigenvalue weighted by atomic mass is 16.3. The Hall–Kier alpha value is -3.02. The van der Waals surface area contributed by atoms with Gasteiger partial charge in [0.15, 0.2) is 0 Å². The van der Waals surface area contributed by atoms with Crippen molar-refractivity contribution in [1.82, 2.24) is 15.1 Å². The van der Waals surface area contributed by atoms with Gasteiger partial charge in [0.25, 0.3) is 5.91 Å². The van der Waals surface area contributed by atoms with Crippen LogP contribution in [0.15, 0.2) is 48.5 Å². The van der Waals surface area contributed by atoms with Crippen molar-refractivity contribution in [3.05, 3.63) is 65.2 Å². The summed E-state index contributed by atoms with van der Waals surface area (Å²) in [4.78, 5) is 28.7. The van der Waals surface area contributed by atoms with E-state index in [1.807, 2.05) is 42.2 Å². The number of benzene rings is 2. The Labute approximate surface area is 159 Å². The highest BCUT2D eigenvalue weighted by Crippen LogP contribution is 2.12. The number of nitrogens with one attached hydrogen (secondary N) is 1. The molecule has 27 heavy (non-hydrogen) atoms. The first kappa shape index (κ1) is 18.8. The molecule has 3 rings (SSSR count). The largest absolute Gasteiger partial charge is 0.508 e. The van der Waals surface area contributed by atoms with Gasteiger partial charge in [-0.2, -0.15) is 0 Å². The number of hydrogen-bond donors (Lipinski definition) is 2. The topological polar surface area (TPSA) is 72.9 Å². The number of urea groups is 1. The fraction of sp³-hybridized carbons (Fsp3) is 0.333. The smallest absolute Gasteiger partial charge is 0.317 e. The van der Waals surface area contributed by atoms with Crippen LogP contribution in [0.2, 0.25) is 0 Å². The number of aromatic hydroxyl groups is 1. The van der Waals surface area contributed by atoms with Gasteiger partial charge in [0.05, 0.1) is 0 Å². The molecule has 0 unspecified atom stereocenters. The zero-order chi connectivity index (χ0) is 19.2. The minimum Gasteiger partial charge on any atom is -0.508 e. The predicted octanol–water partition coefficient (Wildman–Crippen LogP) is 2.76. The van der Waals surface area contributed by atoms with E-state index in [2.05, 4.69) is 5.32 Å². The lowest BCUT2D eigenvalue weighted by atomic mass is 10.1. The van der Waals surface area contributed by atoms with Gasteiger partial charge in [-0.05, 0) is 43.2 Å². The third-order valence-electron chi connectivity index (χ3n) is 4.69. The van der Waals surface area contributed by atoms with Crippen LogP contribution >= 0.6 is 0 Å². The summed E-state index contributed by atoms with van der Waals surface area (Å²) in [6.07, 6.45) is 0.747. The average Bonchev–Trinajstić information content (AvgIpc) is 2.92. The summed E-state index contributed by atoms with van der Waals surface area (Å²) >= 11 is 0. The van der Waals surface area contributed by atoms with Crippen molar-refractivity contribution in [3.8, 4) is 5.75 Å². The van der Waals surface area contributed by atoms with E-state index in [0.717, 1.165) is 17.5 Å². The van der Waals surface area contributed by atoms with E-state index in [4.69, 9.17) is 0 Å². The second-order valence-electron chi connectivity index (χ2n) is 6.83. The number of phenolic OH excluding ortho intramolecular Hbond substituents is 1. The zero-order valence-electron chi connectivity index (χ0n) is 15.5. The molecule has 1 aliphatic heterocycles. The molecule has 1 aliphatic rings. The van der Waals surface area contributed by atoms with Gasteiger partial charge in [0, 0.05) is 38.3 Å². The summed E-state index contributed by atoms with van der Waals surface area (Å²) < 4.78 is 0. The molecule has 1 fully saturated rings. The standard InChI is InChI=1S/C21H25N3O3/c1-16-5-2-7-18(13-16)20(26)23-9-4-10-24(12-11-23)21(27)22-15-17-6-3-8-19(25)14-17/h2-3,5-8,13-14,25H,4,9-12,15H2,1H3,(H,22,27). The van der Waals surface area contributed by atoms with Crippen molar-refractivity contribution in [2.24, 2.45) is 0 Å². The fourth-order valence-electron chi connectivity index (χ4n) is 3.24. The minimum atomic E-state index is -0.150. The number of rotatable bonds is 3. The maximum atomic E-state index is 12.7. The first-order valence-corrected chi connectivity index (χ1v) is 9.19. The average molecular weight is 367 g/mol. The van der Waals surface area contributed by atoms with Crippen LogP contribution in [0, 0.1) is 6.92 Å². The molecule has 0 spiro atoms. The monoisotopic (exact) mass is 367 g/mol. The van der Waals surface area contributed by atoms with E-state index >= 15 is 0 Å². The molecule has 2 aromatic rings. The first-order chi connectivity index (χ1) is 13.0. The van der Waals surface area contributed by atoms with Gasteiger partial charge < -0.3 is 20.2 Å². The van der Waals surface area contributed by atoms with Crippen LogP contribution < -0.4 is 5.32 Å². The van der Waals surface area contributed by atoms with Gasteiger partial charge in [-0.15, -0.1) is 0 Å². The third-order valence-corrected chi connectivity index (χ3v) is 4.69. The van der Waals surface area contributed by atoms with E-state index < -0.39 is 0 Å². The van der Waals surface area contributed by atoms with Crippen LogP contribution in [0.5, 0.6) is 5.75 Å². The van der Waals surface area contributed by atoms with Crippen LogP contribution in [-0.4, -0.2) is 53.0 Å². The van der Waals surface area contributed by atoms with Crippen molar-refractivity contribution in [3.63, 3.8) is 0 Å². The molecular formula is C21H25N3O3. The van der Waals surface area contributed by atoms with Crippen molar-refractivity contribution < 1.29 is 14.7 Å². The Balaban J connectivity index is 1.54. The first-order valence-electron chi connectivity index (χ1n) is 9.19. The van der Waals surface area contributed by atoms with Gasteiger partial charge in [0.1, 0.15) is 5.75 Å². The van der Waals surface area contributed by atoms with Crippen LogP contribution in [0.1, 0.15) is 27.9 Å². The Bertz CT molecular complexity index is 822. The molecule has 1 saturated heterocycles. The number of carbonyl (C=O) groups excluding carboxylic acids is 2. The van der Waals surface area contributed by atoms with Crippen molar-refractivity contribution in [2.75, 3.05) is 26.2 Å². The van der Waals surface area contributed by atoms with Crippen molar-refractivity contribution in [2.45, 2.75) is 19.9 Å². The van der Waals surface area contributed by atoms with Crippen LogP contribution in [0.4, 0.5) is 4.79 Å². The number of amides is 3. The zero-order valence-corrected chi connectivity index (χ0v) is 15.5. The summed E-state index contributed by atoms with van der Waals surface area (Å²) in [7, 11) is 0. The molecule has 6 heteroatoms. The maximum Gasteiger partial charge on any atom is 0.317 e. The SMILES string of the molecule is Cc1cccc(C(=O)N2CCCN(C(=O)NCc3cccc(O)c3)CC2)c1. The van der Waals surface area contributed by atoms with Gasteiger partial charge in [-0.25, -0.2) is 4.79 Å². The molecule has 3 amide bonds. The Morgan fingerprint density at radius 1 is 1.00 bits per heavy atom. The molecule has 0 atom stereocenters. The van der Waals surface area contributed by atoms with Crippen molar-refractivity contribution >= 4 is 11.9 Å². The number of carbonyl (C=O) groups is 2. The predicted molar refractivity (Wildman–Crippen MR) is 104 cm³/mol. The van der Waals surface area contributed by atoms with Gasteiger partial charge in [0.2, 0.25) is 0 Å². The second-order valence-corrected chi connectivity index (χ2v) is 6.83. The second kappa shape index (κ2) is 8.58. The number of phenols is 1. The summed E-state index contributed by atoms with van der Waals surface area (Å²) in [5.41, 5.74) is 2.59. The lowest BCUT2D eigenvalue weighted by Crippen LogP contribution is -2.42. The van der Waals surface area contributed by atoms with E-state index in [1.165, 1.54) is 0 Å². The summed E-state index contributed by atoms with van der Waals surface area (Å²) in [6, 6.07) is 14.3. The fourth-order valence-corrected chi connectivity index (χ4v) is 3.24. The normalized spacial score (nSPS) is 14.6. The van der Waals surface area contributed by atoms with E-state index in [0.29, 0.717) is 38.3 Å². The van der Waals surface area contributed by atoms with Gasteiger partial charge in [-0.3, -0.25) is 4.79 Å². The van der Waals surface area contributed by atoms with E-state index in [1.54, 1.807) is 23.1 Å². The molecule has 142 valence electrons. The quantitative estimate of drug-likeness (QED) is 0.876. The lowest BCUT2D eigenvalue weighted by Gasteiger charge is -2.22. The van der Waals surface area contributed by atoms with E-state index in [-0.39, 0.29) is 17.7 Å². The molecular weight excluding hydrogens is 342 g/mol. The maximum absolute atomic E-state index is 12.7. The molecule has 2 aromatic carbocycles. The molecule has 1 heterocycles. The lowest BCUT2D eigenvalue weighted by molar-refractivity contribution is 0.0762. The third kappa shape index (κ3) is 5.00. The molecule has 2 N–H and O–H groups in total.